The van der Waals surface area contributed by atoms with Crippen molar-refractivity contribution in [2.75, 3.05) is 6.54 Å². The number of halogens is 3. The summed E-state index contributed by atoms with van der Waals surface area (Å²) in [5.74, 6) is -1.46. The molecule has 3 atom stereocenters. The molecule has 2 saturated heterocycles. The summed E-state index contributed by atoms with van der Waals surface area (Å²) < 4.78 is 42.0. The summed E-state index contributed by atoms with van der Waals surface area (Å²) in [4.78, 5) is 18.7. The van der Waals surface area contributed by atoms with E-state index in [2.05, 4.69) is 9.88 Å². The Balaban J connectivity index is 1.92. The number of rotatable bonds is 4. The number of hydrogen-bond donors (Lipinski definition) is 1. The number of alkyl halides is 3. The van der Waals surface area contributed by atoms with Crippen LogP contribution in [0, 0.1) is 0 Å². The molecular weight excluding hydrogens is 379 g/mol. The van der Waals surface area contributed by atoms with Gasteiger partial charge >= 0.3 is 6.18 Å². The molecule has 2 fully saturated rings. The van der Waals surface area contributed by atoms with Crippen LogP contribution in [0.25, 0.3) is 0 Å². The lowest BCUT2D eigenvalue weighted by molar-refractivity contribution is -0.138. The van der Waals surface area contributed by atoms with Gasteiger partial charge in [0.1, 0.15) is 0 Å². The predicted molar refractivity (Wildman–Crippen MR) is 103 cm³/mol. The average Bonchev–Trinajstić information content (AvgIpc) is 3.12. The lowest BCUT2D eigenvalue weighted by atomic mass is 9.79. The van der Waals surface area contributed by atoms with E-state index >= 15 is 0 Å². The van der Waals surface area contributed by atoms with Crippen molar-refractivity contribution < 1.29 is 18.0 Å². The standard InChI is InChI=1S/C22H24F3N3O/c23-22(24,25)17-8-3-7-16(21(26)29)20(17)19(14-5-4-11-27-13-14)18-10-9-15-6-1-2-12-28(15)18/h3-5,7-8,11,13,15,18-19H,1-2,6,9-10,12H2,(H2,26,29)/t15-,18-,19+/m1/s1. The van der Waals surface area contributed by atoms with Crippen molar-refractivity contribution in [2.24, 2.45) is 5.73 Å². The first-order valence-corrected chi connectivity index (χ1v) is 10.0. The number of aromatic nitrogens is 1. The van der Waals surface area contributed by atoms with E-state index in [0.717, 1.165) is 44.7 Å². The summed E-state index contributed by atoms with van der Waals surface area (Å²) in [7, 11) is 0. The third kappa shape index (κ3) is 3.75. The van der Waals surface area contributed by atoms with Crippen LogP contribution in [0.3, 0.4) is 0 Å². The molecule has 7 heteroatoms. The maximum atomic E-state index is 14.0. The van der Waals surface area contributed by atoms with Crippen LogP contribution in [-0.2, 0) is 6.18 Å². The Morgan fingerprint density at radius 2 is 1.97 bits per heavy atom. The zero-order valence-electron chi connectivity index (χ0n) is 16.0. The Labute approximate surface area is 167 Å². The number of nitrogens with zero attached hydrogens (tertiary/aromatic N) is 2. The minimum atomic E-state index is -4.58. The van der Waals surface area contributed by atoms with Gasteiger partial charge in [0.2, 0.25) is 5.91 Å². The van der Waals surface area contributed by atoms with Crippen molar-refractivity contribution in [3.8, 4) is 0 Å². The van der Waals surface area contributed by atoms with Crippen molar-refractivity contribution in [1.29, 1.82) is 0 Å². The van der Waals surface area contributed by atoms with Crippen LogP contribution < -0.4 is 5.73 Å². The van der Waals surface area contributed by atoms with Gasteiger partial charge in [-0.15, -0.1) is 0 Å². The molecule has 154 valence electrons. The smallest absolute Gasteiger partial charge is 0.366 e. The Hall–Kier alpha value is -2.41. The zero-order valence-corrected chi connectivity index (χ0v) is 16.0. The predicted octanol–water partition coefficient (Wildman–Crippen LogP) is 4.35. The first-order chi connectivity index (χ1) is 13.9. The van der Waals surface area contributed by atoms with Crippen LogP contribution in [0.1, 0.15) is 65.1 Å². The minimum Gasteiger partial charge on any atom is -0.366 e. The number of carbonyl (C=O) groups is 1. The molecule has 2 N–H and O–H groups in total. The third-order valence-electron chi connectivity index (χ3n) is 6.31. The number of hydrogen-bond acceptors (Lipinski definition) is 3. The summed E-state index contributed by atoms with van der Waals surface area (Å²) in [5.41, 5.74) is 5.35. The molecule has 0 bridgehead atoms. The minimum absolute atomic E-state index is 0.0169. The summed E-state index contributed by atoms with van der Waals surface area (Å²) in [5, 5.41) is 0. The number of fused-ring (bicyclic) bond motifs is 1. The van der Waals surface area contributed by atoms with Crippen LogP contribution in [-0.4, -0.2) is 34.4 Å². The van der Waals surface area contributed by atoms with Gasteiger partial charge in [-0.3, -0.25) is 14.7 Å². The van der Waals surface area contributed by atoms with E-state index in [1.807, 2.05) is 0 Å². The van der Waals surface area contributed by atoms with Crippen molar-refractivity contribution in [3.05, 3.63) is 65.0 Å². The Morgan fingerprint density at radius 1 is 1.14 bits per heavy atom. The summed E-state index contributed by atoms with van der Waals surface area (Å²) in [6.45, 7) is 0.867. The van der Waals surface area contributed by atoms with E-state index < -0.39 is 23.6 Å². The fraction of sp³-hybridized carbons (Fsp3) is 0.455. The van der Waals surface area contributed by atoms with Gasteiger partial charge in [0.15, 0.2) is 0 Å². The molecule has 0 saturated carbocycles. The van der Waals surface area contributed by atoms with Crippen LogP contribution in [0.5, 0.6) is 0 Å². The SMILES string of the molecule is NC(=O)c1cccc(C(F)(F)F)c1[C@@H](c1cccnc1)[C@H]1CC[C@H]2CCCCN21. The maximum absolute atomic E-state index is 14.0. The molecule has 1 amide bonds. The first kappa shape index (κ1) is 19.9. The van der Waals surface area contributed by atoms with Crippen molar-refractivity contribution in [1.82, 2.24) is 9.88 Å². The average molecular weight is 403 g/mol. The summed E-state index contributed by atoms with van der Waals surface area (Å²) in [6, 6.07) is 7.50. The Morgan fingerprint density at radius 3 is 2.66 bits per heavy atom. The highest BCUT2D eigenvalue weighted by Crippen LogP contribution is 2.46. The van der Waals surface area contributed by atoms with Crippen LogP contribution in [0.4, 0.5) is 13.2 Å². The Kier molecular flexibility index (Phi) is 5.34. The lowest BCUT2D eigenvalue weighted by Crippen LogP contribution is -2.43. The quantitative estimate of drug-likeness (QED) is 0.826. The second-order valence-electron chi connectivity index (χ2n) is 7.92. The molecule has 1 aromatic carbocycles. The van der Waals surface area contributed by atoms with E-state index in [1.165, 1.54) is 12.1 Å². The fourth-order valence-electron chi connectivity index (χ4n) is 5.16. The molecule has 2 aliphatic rings. The van der Waals surface area contributed by atoms with Gasteiger partial charge in [0, 0.05) is 36.0 Å². The van der Waals surface area contributed by atoms with Crippen molar-refractivity contribution in [3.63, 3.8) is 0 Å². The third-order valence-corrected chi connectivity index (χ3v) is 6.31. The van der Waals surface area contributed by atoms with Crippen LogP contribution >= 0.6 is 0 Å². The number of amides is 1. The molecule has 4 nitrogen and oxygen atoms in total. The number of benzene rings is 1. The van der Waals surface area contributed by atoms with Crippen LogP contribution in [0.2, 0.25) is 0 Å². The number of piperidine rings is 1. The van der Waals surface area contributed by atoms with E-state index in [0.29, 0.717) is 11.6 Å². The van der Waals surface area contributed by atoms with Crippen molar-refractivity contribution in [2.45, 2.75) is 56.3 Å². The van der Waals surface area contributed by atoms with E-state index in [9.17, 15) is 18.0 Å². The van der Waals surface area contributed by atoms with E-state index in [4.69, 9.17) is 5.73 Å². The molecule has 0 unspecified atom stereocenters. The molecular formula is C22H24F3N3O. The molecule has 0 aliphatic carbocycles. The van der Waals surface area contributed by atoms with Gasteiger partial charge < -0.3 is 5.73 Å². The van der Waals surface area contributed by atoms with Gasteiger partial charge in [-0.2, -0.15) is 13.2 Å². The monoisotopic (exact) mass is 403 g/mol. The molecule has 2 aromatic rings. The highest BCUT2D eigenvalue weighted by atomic mass is 19.4. The number of primary amides is 1. The van der Waals surface area contributed by atoms with Gasteiger partial charge in [-0.05, 0) is 61.6 Å². The number of carbonyl (C=O) groups excluding carboxylic acids is 1. The number of nitrogens with two attached hydrogens (primary N) is 1. The summed E-state index contributed by atoms with van der Waals surface area (Å²) >= 11 is 0. The molecule has 29 heavy (non-hydrogen) atoms. The van der Waals surface area contributed by atoms with E-state index in [1.54, 1.807) is 24.5 Å². The second-order valence-corrected chi connectivity index (χ2v) is 7.92. The van der Waals surface area contributed by atoms with Crippen LogP contribution in [0.15, 0.2) is 42.7 Å². The van der Waals surface area contributed by atoms with Gasteiger partial charge in [-0.25, -0.2) is 0 Å². The summed E-state index contributed by atoms with van der Waals surface area (Å²) in [6.07, 6.45) is 3.63. The number of pyridine rings is 1. The highest BCUT2D eigenvalue weighted by Gasteiger charge is 2.45. The molecule has 0 spiro atoms. The van der Waals surface area contributed by atoms with Gasteiger partial charge in [-0.1, -0.05) is 18.6 Å². The molecule has 0 radical (unpaired) electrons. The zero-order chi connectivity index (χ0) is 20.6. The fourth-order valence-corrected chi connectivity index (χ4v) is 5.16. The molecule has 4 rings (SSSR count). The lowest BCUT2D eigenvalue weighted by Gasteiger charge is -2.39. The second kappa shape index (κ2) is 7.78. The van der Waals surface area contributed by atoms with Gasteiger partial charge in [0.25, 0.3) is 0 Å². The van der Waals surface area contributed by atoms with Crippen molar-refractivity contribution >= 4 is 5.91 Å². The van der Waals surface area contributed by atoms with E-state index in [-0.39, 0.29) is 17.2 Å². The van der Waals surface area contributed by atoms with Gasteiger partial charge in [0.05, 0.1) is 5.56 Å². The molecule has 2 aliphatic heterocycles. The normalized spacial score (nSPS) is 23.6. The maximum Gasteiger partial charge on any atom is 0.416 e. The topological polar surface area (TPSA) is 59.2 Å². The first-order valence-electron chi connectivity index (χ1n) is 10.0. The molecule has 3 heterocycles. The largest absolute Gasteiger partial charge is 0.416 e. The highest BCUT2D eigenvalue weighted by molar-refractivity contribution is 5.95. The Bertz CT molecular complexity index is 885. The molecule has 1 aromatic heterocycles.